The summed E-state index contributed by atoms with van der Waals surface area (Å²) in [6.07, 6.45) is 1.87. The summed E-state index contributed by atoms with van der Waals surface area (Å²) in [5, 5.41) is 0. The molecule has 110 valence electrons. The highest BCUT2D eigenvalue weighted by atomic mass is 16.5. The molecule has 1 aromatic carbocycles. The number of rotatable bonds is 9. The van der Waals surface area contributed by atoms with Gasteiger partial charge >= 0.3 is 0 Å². The van der Waals surface area contributed by atoms with E-state index in [4.69, 9.17) is 14.2 Å². The molecule has 0 fully saturated rings. The Hall–Kier alpha value is -1.97. The SMILES string of the molecule is C=CCC(=O)c1cc(OCC)c(OCC)c(OCC)c1. The number of benzene rings is 1. The number of carbonyl (C=O) groups is 1. The van der Waals surface area contributed by atoms with Crippen molar-refractivity contribution in [2.75, 3.05) is 19.8 Å². The highest BCUT2D eigenvalue weighted by Gasteiger charge is 2.17. The molecule has 4 heteroatoms. The minimum Gasteiger partial charge on any atom is -0.490 e. The fourth-order valence-corrected chi connectivity index (χ4v) is 1.80. The second-order valence-electron chi connectivity index (χ2n) is 4.02. The van der Waals surface area contributed by atoms with Crippen LogP contribution in [0.2, 0.25) is 0 Å². The van der Waals surface area contributed by atoms with Crippen molar-refractivity contribution in [2.45, 2.75) is 27.2 Å². The largest absolute Gasteiger partial charge is 0.490 e. The Labute approximate surface area is 120 Å². The molecule has 0 spiro atoms. The van der Waals surface area contributed by atoms with Crippen LogP contribution in [0.3, 0.4) is 0 Å². The van der Waals surface area contributed by atoms with Crippen LogP contribution in [0.4, 0.5) is 0 Å². The van der Waals surface area contributed by atoms with Crippen LogP contribution in [0, 0.1) is 0 Å². The zero-order valence-electron chi connectivity index (χ0n) is 12.4. The molecule has 0 radical (unpaired) electrons. The molecule has 0 amide bonds. The maximum atomic E-state index is 12.0. The third-order valence-electron chi connectivity index (χ3n) is 2.56. The van der Waals surface area contributed by atoms with E-state index in [0.29, 0.717) is 42.6 Å². The van der Waals surface area contributed by atoms with Gasteiger partial charge in [0.1, 0.15) is 0 Å². The van der Waals surface area contributed by atoms with Crippen molar-refractivity contribution in [2.24, 2.45) is 0 Å². The topological polar surface area (TPSA) is 44.8 Å². The molecule has 0 aliphatic heterocycles. The normalized spacial score (nSPS) is 9.95. The molecule has 0 saturated heterocycles. The Balaban J connectivity index is 3.28. The van der Waals surface area contributed by atoms with Gasteiger partial charge < -0.3 is 14.2 Å². The lowest BCUT2D eigenvalue weighted by atomic mass is 10.1. The van der Waals surface area contributed by atoms with Crippen LogP contribution in [0.25, 0.3) is 0 Å². The second kappa shape index (κ2) is 8.25. The van der Waals surface area contributed by atoms with E-state index in [2.05, 4.69) is 6.58 Å². The van der Waals surface area contributed by atoms with Crippen LogP contribution in [0.1, 0.15) is 37.6 Å². The van der Waals surface area contributed by atoms with Gasteiger partial charge in [0.15, 0.2) is 17.3 Å². The van der Waals surface area contributed by atoms with Crippen LogP contribution in [-0.2, 0) is 0 Å². The van der Waals surface area contributed by atoms with Gasteiger partial charge in [-0.15, -0.1) is 6.58 Å². The summed E-state index contributed by atoms with van der Waals surface area (Å²) < 4.78 is 16.7. The van der Waals surface area contributed by atoms with Gasteiger partial charge in [-0.3, -0.25) is 4.79 Å². The molecule has 0 atom stereocenters. The van der Waals surface area contributed by atoms with Gasteiger partial charge in [-0.1, -0.05) is 6.08 Å². The van der Waals surface area contributed by atoms with E-state index in [1.54, 1.807) is 18.2 Å². The molecule has 0 saturated carbocycles. The van der Waals surface area contributed by atoms with Crippen molar-refractivity contribution in [3.05, 3.63) is 30.4 Å². The number of ketones is 1. The fraction of sp³-hybridized carbons (Fsp3) is 0.438. The minimum atomic E-state index is -0.0232. The van der Waals surface area contributed by atoms with Crippen LogP contribution >= 0.6 is 0 Å². The van der Waals surface area contributed by atoms with Crippen molar-refractivity contribution in [1.82, 2.24) is 0 Å². The molecular weight excluding hydrogens is 256 g/mol. The summed E-state index contributed by atoms with van der Waals surface area (Å²) in [7, 11) is 0. The molecule has 0 aromatic heterocycles. The first-order chi connectivity index (χ1) is 9.67. The van der Waals surface area contributed by atoms with Gasteiger partial charge in [0, 0.05) is 12.0 Å². The third kappa shape index (κ3) is 4.02. The molecular formula is C16H22O4. The fourth-order valence-electron chi connectivity index (χ4n) is 1.80. The Morgan fingerprint density at radius 3 is 1.95 bits per heavy atom. The van der Waals surface area contributed by atoms with Gasteiger partial charge in [0.05, 0.1) is 19.8 Å². The maximum absolute atomic E-state index is 12.0. The first-order valence-corrected chi connectivity index (χ1v) is 6.88. The Morgan fingerprint density at radius 2 is 1.55 bits per heavy atom. The van der Waals surface area contributed by atoms with Gasteiger partial charge in [-0.2, -0.15) is 0 Å². The zero-order chi connectivity index (χ0) is 15.0. The van der Waals surface area contributed by atoms with Gasteiger partial charge in [-0.25, -0.2) is 0 Å². The van der Waals surface area contributed by atoms with Crippen molar-refractivity contribution in [3.8, 4) is 17.2 Å². The minimum absolute atomic E-state index is 0.0232. The van der Waals surface area contributed by atoms with Gasteiger partial charge in [-0.05, 0) is 32.9 Å². The van der Waals surface area contributed by atoms with Crippen LogP contribution in [0.5, 0.6) is 17.2 Å². The number of allylic oxidation sites excluding steroid dienone is 1. The Morgan fingerprint density at radius 1 is 1.05 bits per heavy atom. The first kappa shape index (κ1) is 16.1. The summed E-state index contributed by atoms with van der Waals surface area (Å²) in [6, 6.07) is 3.39. The average Bonchev–Trinajstić information content (AvgIpc) is 2.43. The lowest BCUT2D eigenvalue weighted by molar-refractivity contribution is 0.0995. The molecule has 1 rings (SSSR count). The monoisotopic (exact) mass is 278 g/mol. The Kier molecular flexibility index (Phi) is 6.64. The van der Waals surface area contributed by atoms with Crippen molar-refractivity contribution in [1.29, 1.82) is 0 Å². The van der Waals surface area contributed by atoms with Gasteiger partial charge in [0.2, 0.25) is 5.75 Å². The number of carbonyl (C=O) groups excluding carboxylic acids is 1. The standard InChI is InChI=1S/C16H22O4/c1-5-9-13(17)12-10-14(18-6-2)16(20-8-4)15(11-12)19-7-3/h5,10-11H,1,6-9H2,2-4H3. The molecule has 0 heterocycles. The predicted molar refractivity (Wildman–Crippen MR) is 79.1 cm³/mol. The zero-order valence-corrected chi connectivity index (χ0v) is 12.4. The van der Waals surface area contributed by atoms with E-state index in [-0.39, 0.29) is 12.2 Å². The highest BCUT2D eigenvalue weighted by molar-refractivity contribution is 5.98. The molecule has 4 nitrogen and oxygen atoms in total. The number of ether oxygens (including phenoxy) is 3. The van der Waals surface area contributed by atoms with Crippen LogP contribution in [-0.4, -0.2) is 25.6 Å². The molecule has 20 heavy (non-hydrogen) atoms. The summed E-state index contributed by atoms with van der Waals surface area (Å²) in [4.78, 5) is 12.0. The first-order valence-electron chi connectivity index (χ1n) is 6.88. The predicted octanol–water partition coefficient (Wildman–Crippen LogP) is 3.64. The smallest absolute Gasteiger partial charge is 0.203 e. The van der Waals surface area contributed by atoms with E-state index >= 15 is 0 Å². The summed E-state index contributed by atoms with van der Waals surface area (Å²) >= 11 is 0. The van der Waals surface area contributed by atoms with E-state index < -0.39 is 0 Å². The van der Waals surface area contributed by atoms with E-state index in [1.807, 2.05) is 20.8 Å². The maximum Gasteiger partial charge on any atom is 0.203 e. The van der Waals surface area contributed by atoms with Crippen LogP contribution < -0.4 is 14.2 Å². The lowest BCUT2D eigenvalue weighted by Gasteiger charge is -2.16. The molecule has 0 bridgehead atoms. The Bertz CT molecular complexity index is 439. The van der Waals surface area contributed by atoms with Crippen molar-refractivity contribution < 1.29 is 19.0 Å². The highest BCUT2D eigenvalue weighted by Crippen LogP contribution is 2.39. The summed E-state index contributed by atoms with van der Waals surface area (Å²) in [6.45, 7) is 10.7. The summed E-state index contributed by atoms with van der Waals surface area (Å²) in [5.74, 6) is 1.59. The lowest BCUT2D eigenvalue weighted by Crippen LogP contribution is -2.05. The molecule has 0 aliphatic rings. The molecule has 1 aromatic rings. The number of hydrogen-bond donors (Lipinski definition) is 0. The third-order valence-corrected chi connectivity index (χ3v) is 2.56. The van der Waals surface area contributed by atoms with E-state index in [0.717, 1.165) is 0 Å². The van der Waals surface area contributed by atoms with Crippen molar-refractivity contribution in [3.63, 3.8) is 0 Å². The molecule has 0 aliphatic carbocycles. The summed E-state index contributed by atoms with van der Waals surface area (Å²) in [5.41, 5.74) is 0.542. The van der Waals surface area contributed by atoms with E-state index in [1.165, 1.54) is 0 Å². The quantitative estimate of drug-likeness (QED) is 0.511. The van der Waals surface area contributed by atoms with Gasteiger partial charge in [0.25, 0.3) is 0 Å². The number of hydrogen-bond acceptors (Lipinski definition) is 4. The van der Waals surface area contributed by atoms with Crippen molar-refractivity contribution >= 4 is 5.78 Å². The van der Waals surface area contributed by atoms with Crippen LogP contribution in [0.15, 0.2) is 24.8 Å². The second-order valence-corrected chi connectivity index (χ2v) is 4.02. The average molecular weight is 278 g/mol. The molecule has 0 N–H and O–H groups in total. The number of Topliss-reactive ketones (excluding diaryl/α,β-unsaturated/α-hetero) is 1. The molecule has 0 unspecified atom stereocenters. The van der Waals surface area contributed by atoms with E-state index in [9.17, 15) is 4.79 Å².